The third-order valence-corrected chi connectivity index (χ3v) is 2.61. The van der Waals surface area contributed by atoms with E-state index >= 15 is 0 Å². The molecule has 0 heterocycles. The summed E-state index contributed by atoms with van der Waals surface area (Å²) in [5.41, 5.74) is 3.52. The summed E-state index contributed by atoms with van der Waals surface area (Å²) in [5, 5.41) is 0.823. The fourth-order valence-corrected chi connectivity index (χ4v) is 1.40. The third kappa shape index (κ3) is 2.59. The van der Waals surface area contributed by atoms with Crippen LogP contribution in [-0.4, -0.2) is 19.4 Å². The van der Waals surface area contributed by atoms with E-state index in [2.05, 4.69) is 51.7 Å². The van der Waals surface area contributed by atoms with Gasteiger partial charge in [0.2, 0.25) is 0 Å². The van der Waals surface area contributed by atoms with E-state index in [4.69, 9.17) is 0 Å². The van der Waals surface area contributed by atoms with Crippen LogP contribution < -0.4 is 4.90 Å². The first-order chi connectivity index (χ1) is 6.15. The summed E-state index contributed by atoms with van der Waals surface area (Å²) in [6.07, 6.45) is 0. The summed E-state index contributed by atoms with van der Waals surface area (Å²) < 4.78 is 0. The van der Waals surface area contributed by atoms with E-state index in [0.29, 0.717) is 0 Å². The fraction of sp³-hybridized carbons (Fsp3) is 0.273. The second kappa shape index (κ2) is 4.47. The molecule has 0 atom stereocenters. The molecular formula is C11H14BrN. The van der Waals surface area contributed by atoms with Crippen LogP contribution in [-0.2, 0) is 0 Å². The predicted molar refractivity (Wildman–Crippen MR) is 63.6 cm³/mol. The van der Waals surface area contributed by atoms with Gasteiger partial charge in [-0.2, -0.15) is 0 Å². The maximum Gasteiger partial charge on any atom is 0.0367 e. The quantitative estimate of drug-likeness (QED) is 0.733. The second-order valence-corrected chi connectivity index (χ2v) is 3.74. The van der Waals surface area contributed by atoms with Gasteiger partial charge in [-0.25, -0.2) is 0 Å². The van der Waals surface area contributed by atoms with Crippen molar-refractivity contribution in [1.29, 1.82) is 0 Å². The Balaban J connectivity index is 2.98. The van der Waals surface area contributed by atoms with Crippen molar-refractivity contribution in [3.05, 3.63) is 36.4 Å². The largest absolute Gasteiger partial charge is 0.378 e. The maximum absolute atomic E-state index is 3.98. The van der Waals surface area contributed by atoms with Gasteiger partial charge < -0.3 is 4.90 Å². The van der Waals surface area contributed by atoms with Gasteiger partial charge in [-0.15, -0.1) is 0 Å². The number of rotatable bonds is 3. The molecule has 0 fully saturated rings. The average Bonchev–Trinajstić information content (AvgIpc) is 2.17. The Labute approximate surface area is 88.2 Å². The molecule has 1 nitrogen and oxygen atoms in total. The highest BCUT2D eigenvalue weighted by atomic mass is 79.9. The molecule has 0 aliphatic carbocycles. The summed E-state index contributed by atoms with van der Waals surface area (Å²) in [4.78, 5) is 2.09. The third-order valence-electron chi connectivity index (χ3n) is 1.93. The molecule has 0 unspecified atom stereocenters. The molecule has 1 aromatic carbocycles. The SMILES string of the molecule is C=C(CBr)c1cccc(N(C)C)c1. The minimum Gasteiger partial charge on any atom is -0.378 e. The van der Waals surface area contributed by atoms with Gasteiger partial charge in [0.05, 0.1) is 0 Å². The van der Waals surface area contributed by atoms with Crippen molar-refractivity contribution in [2.24, 2.45) is 0 Å². The normalized spacial score (nSPS) is 9.77. The second-order valence-electron chi connectivity index (χ2n) is 3.18. The highest BCUT2D eigenvalue weighted by Gasteiger charge is 1.99. The molecular weight excluding hydrogens is 226 g/mol. The highest BCUT2D eigenvalue weighted by Crippen LogP contribution is 2.20. The van der Waals surface area contributed by atoms with Gasteiger partial charge >= 0.3 is 0 Å². The molecule has 2 heteroatoms. The Hall–Kier alpha value is -0.760. The van der Waals surface area contributed by atoms with Crippen molar-refractivity contribution in [3.8, 4) is 0 Å². The number of hydrogen-bond donors (Lipinski definition) is 0. The van der Waals surface area contributed by atoms with Crippen LogP contribution in [0.2, 0.25) is 0 Å². The van der Waals surface area contributed by atoms with Crippen LogP contribution >= 0.6 is 15.9 Å². The number of anilines is 1. The first-order valence-electron chi connectivity index (χ1n) is 4.16. The molecule has 0 radical (unpaired) electrons. The molecule has 0 spiro atoms. The molecule has 0 saturated heterocycles. The predicted octanol–water partition coefficient (Wildman–Crippen LogP) is 3.16. The Morgan fingerprint density at radius 2 is 2.15 bits per heavy atom. The molecule has 0 aliphatic rings. The van der Waals surface area contributed by atoms with Crippen molar-refractivity contribution in [2.45, 2.75) is 0 Å². The standard InChI is InChI=1S/C11H14BrN/c1-9(8-12)10-5-4-6-11(7-10)13(2)3/h4-7H,1,8H2,2-3H3. The molecule has 1 rings (SSSR count). The first-order valence-corrected chi connectivity index (χ1v) is 5.29. The molecule has 0 N–H and O–H groups in total. The Kier molecular flexibility index (Phi) is 3.55. The van der Waals surface area contributed by atoms with Gasteiger partial charge in [0.15, 0.2) is 0 Å². The summed E-state index contributed by atoms with van der Waals surface area (Å²) >= 11 is 3.40. The maximum atomic E-state index is 3.98. The summed E-state index contributed by atoms with van der Waals surface area (Å²) in [7, 11) is 4.08. The Morgan fingerprint density at radius 1 is 1.46 bits per heavy atom. The van der Waals surface area contributed by atoms with Gasteiger partial charge in [0.25, 0.3) is 0 Å². The molecule has 0 aliphatic heterocycles. The van der Waals surface area contributed by atoms with Crippen LogP contribution in [0.5, 0.6) is 0 Å². The minimum absolute atomic E-state index is 0.823. The molecule has 13 heavy (non-hydrogen) atoms. The van der Waals surface area contributed by atoms with Crippen molar-refractivity contribution in [3.63, 3.8) is 0 Å². The summed E-state index contributed by atoms with van der Waals surface area (Å²) in [5.74, 6) is 0. The fourth-order valence-electron chi connectivity index (χ4n) is 1.08. The van der Waals surface area contributed by atoms with Crippen LogP contribution in [0.1, 0.15) is 5.56 Å². The Bertz CT molecular complexity index is 305. The van der Waals surface area contributed by atoms with Crippen LogP contribution in [0.25, 0.3) is 5.57 Å². The van der Waals surface area contributed by atoms with Crippen LogP contribution in [0.3, 0.4) is 0 Å². The lowest BCUT2D eigenvalue weighted by Crippen LogP contribution is -2.08. The van der Waals surface area contributed by atoms with E-state index < -0.39 is 0 Å². The number of hydrogen-bond acceptors (Lipinski definition) is 1. The molecule has 0 saturated carbocycles. The summed E-state index contributed by atoms with van der Waals surface area (Å²) in [6.45, 7) is 3.98. The number of nitrogens with zero attached hydrogens (tertiary/aromatic N) is 1. The Morgan fingerprint density at radius 3 is 2.69 bits per heavy atom. The molecule has 0 bridgehead atoms. The number of halogens is 1. The van der Waals surface area contributed by atoms with Crippen LogP contribution in [0, 0.1) is 0 Å². The van der Waals surface area contributed by atoms with Crippen molar-refractivity contribution < 1.29 is 0 Å². The monoisotopic (exact) mass is 239 g/mol. The minimum atomic E-state index is 0.823. The van der Waals surface area contributed by atoms with E-state index in [1.54, 1.807) is 0 Å². The first kappa shape index (κ1) is 10.3. The van der Waals surface area contributed by atoms with Crippen LogP contribution in [0.15, 0.2) is 30.8 Å². The van der Waals surface area contributed by atoms with Gasteiger partial charge in [-0.1, -0.05) is 34.6 Å². The van der Waals surface area contributed by atoms with Crippen LogP contribution in [0.4, 0.5) is 5.69 Å². The number of allylic oxidation sites excluding steroid dienone is 1. The van der Waals surface area contributed by atoms with E-state index in [9.17, 15) is 0 Å². The van der Waals surface area contributed by atoms with Crippen molar-refractivity contribution in [1.82, 2.24) is 0 Å². The molecule has 1 aromatic rings. The van der Waals surface area contributed by atoms with Crippen molar-refractivity contribution >= 4 is 27.2 Å². The highest BCUT2D eigenvalue weighted by molar-refractivity contribution is 9.09. The van der Waals surface area contributed by atoms with Gasteiger partial charge in [-0.3, -0.25) is 0 Å². The molecule has 0 amide bonds. The lowest BCUT2D eigenvalue weighted by molar-refractivity contribution is 1.13. The smallest absolute Gasteiger partial charge is 0.0367 e. The zero-order valence-electron chi connectivity index (χ0n) is 8.05. The van der Waals surface area contributed by atoms with Gasteiger partial charge in [0, 0.05) is 25.1 Å². The van der Waals surface area contributed by atoms with E-state index in [1.165, 1.54) is 11.3 Å². The zero-order chi connectivity index (χ0) is 9.84. The molecule has 0 aromatic heterocycles. The topological polar surface area (TPSA) is 3.24 Å². The van der Waals surface area contributed by atoms with Crippen molar-refractivity contribution in [2.75, 3.05) is 24.3 Å². The lowest BCUT2D eigenvalue weighted by atomic mass is 10.1. The van der Waals surface area contributed by atoms with E-state index in [0.717, 1.165) is 10.9 Å². The zero-order valence-corrected chi connectivity index (χ0v) is 9.63. The van der Waals surface area contributed by atoms with Gasteiger partial charge in [0.1, 0.15) is 0 Å². The summed E-state index contributed by atoms with van der Waals surface area (Å²) in [6, 6.07) is 8.36. The number of benzene rings is 1. The van der Waals surface area contributed by atoms with Gasteiger partial charge in [-0.05, 0) is 23.3 Å². The average molecular weight is 240 g/mol. The molecule has 70 valence electrons. The van der Waals surface area contributed by atoms with E-state index in [1.807, 2.05) is 14.1 Å². The lowest BCUT2D eigenvalue weighted by Gasteiger charge is -2.13. The number of alkyl halides is 1. The van der Waals surface area contributed by atoms with E-state index in [-0.39, 0.29) is 0 Å².